The van der Waals surface area contributed by atoms with Crippen molar-refractivity contribution in [1.29, 1.82) is 0 Å². The third-order valence-electron chi connectivity index (χ3n) is 2.62. The predicted molar refractivity (Wildman–Crippen MR) is 66.2 cm³/mol. The Labute approximate surface area is 101 Å². The summed E-state index contributed by atoms with van der Waals surface area (Å²) in [5, 5.41) is 4.29. The van der Waals surface area contributed by atoms with Crippen LogP contribution >= 0.6 is 32.4 Å². The van der Waals surface area contributed by atoms with Crippen LogP contribution < -0.4 is 10.9 Å². The number of halogens is 2. The minimum Gasteiger partial charge on any atom is -0.317 e. The van der Waals surface area contributed by atoms with Crippen LogP contribution in [-0.4, -0.2) is 23.1 Å². The third kappa shape index (κ3) is 2.59. The first-order chi connectivity index (χ1) is 7.18. The predicted octanol–water partition coefficient (Wildman–Crippen LogP) is 1.75. The molecule has 0 aliphatic carbocycles. The van der Waals surface area contributed by atoms with E-state index >= 15 is 0 Å². The molecule has 2 heterocycles. The van der Waals surface area contributed by atoms with Gasteiger partial charge >= 0.3 is 0 Å². The smallest absolute Gasteiger partial charge is 0.147 e. The van der Waals surface area contributed by atoms with Gasteiger partial charge in [0.15, 0.2) is 0 Å². The number of nitrogens with zero attached hydrogens (tertiary/aromatic N) is 2. The fourth-order valence-corrected chi connectivity index (χ4v) is 3.01. The second kappa shape index (κ2) is 4.92. The molecule has 1 fully saturated rings. The van der Waals surface area contributed by atoms with Crippen molar-refractivity contribution in [1.82, 2.24) is 15.3 Å². The highest BCUT2D eigenvalue weighted by Crippen LogP contribution is 2.33. The third-order valence-corrected chi connectivity index (χ3v) is 3.45. The van der Waals surface area contributed by atoms with Gasteiger partial charge in [0.2, 0.25) is 0 Å². The molecule has 1 N–H and O–H groups in total. The molecule has 1 atom stereocenters. The standard InChI is InChI=1S/C9H12Cl2N3P/c10-7-6(5-1-3-12-4-2-5)8(11)14-9(15)13-7/h5,12H,1-4,15H2. The molecule has 0 radical (unpaired) electrons. The van der Waals surface area contributed by atoms with Crippen molar-refractivity contribution >= 4 is 38.0 Å². The highest BCUT2D eigenvalue weighted by Gasteiger charge is 2.22. The van der Waals surface area contributed by atoms with E-state index in [2.05, 4.69) is 24.5 Å². The Kier molecular flexibility index (Phi) is 3.78. The van der Waals surface area contributed by atoms with E-state index in [0.29, 0.717) is 21.8 Å². The Morgan fingerprint density at radius 2 is 1.67 bits per heavy atom. The highest BCUT2D eigenvalue weighted by atomic mass is 35.5. The number of hydrogen-bond donors (Lipinski definition) is 1. The number of nitrogens with one attached hydrogen (secondary N) is 1. The summed E-state index contributed by atoms with van der Waals surface area (Å²) in [6.07, 6.45) is 2.08. The van der Waals surface area contributed by atoms with Crippen LogP contribution in [-0.2, 0) is 0 Å². The molecule has 15 heavy (non-hydrogen) atoms. The first-order valence-corrected chi connectivity index (χ1v) is 6.21. The summed E-state index contributed by atoms with van der Waals surface area (Å²) < 4.78 is 0. The lowest BCUT2D eigenvalue weighted by molar-refractivity contribution is 0.459. The summed E-state index contributed by atoms with van der Waals surface area (Å²) in [6.45, 7) is 2.00. The van der Waals surface area contributed by atoms with Crippen LogP contribution in [0.1, 0.15) is 24.3 Å². The second-order valence-electron chi connectivity index (χ2n) is 3.60. The lowest BCUT2D eigenvalue weighted by Gasteiger charge is -2.23. The molecule has 82 valence electrons. The first kappa shape index (κ1) is 11.5. The van der Waals surface area contributed by atoms with Crippen molar-refractivity contribution < 1.29 is 0 Å². The van der Waals surface area contributed by atoms with Gasteiger partial charge in [-0.25, -0.2) is 9.97 Å². The number of hydrogen-bond acceptors (Lipinski definition) is 3. The van der Waals surface area contributed by atoms with Crippen molar-refractivity contribution in [2.24, 2.45) is 0 Å². The van der Waals surface area contributed by atoms with Crippen LogP contribution in [0, 0.1) is 0 Å². The van der Waals surface area contributed by atoms with Crippen LogP contribution in [0.3, 0.4) is 0 Å². The molecule has 1 aliphatic heterocycles. The zero-order chi connectivity index (χ0) is 10.8. The van der Waals surface area contributed by atoms with Gasteiger partial charge in [0.05, 0.1) is 0 Å². The molecule has 0 bridgehead atoms. The van der Waals surface area contributed by atoms with Crippen LogP contribution in [0.4, 0.5) is 0 Å². The summed E-state index contributed by atoms with van der Waals surface area (Å²) in [4.78, 5) is 8.24. The lowest BCUT2D eigenvalue weighted by atomic mass is 9.92. The van der Waals surface area contributed by atoms with Gasteiger partial charge in [-0.3, -0.25) is 0 Å². The summed E-state index contributed by atoms with van der Waals surface area (Å²) in [5.74, 6) is 0.386. The van der Waals surface area contributed by atoms with Crippen LogP contribution in [0.5, 0.6) is 0 Å². The van der Waals surface area contributed by atoms with Crippen molar-refractivity contribution in [3.05, 3.63) is 15.9 Å². The molecule has 1 aromatic heterocycles. The Bertz CT molecular complexity index is 343. The maximum Gasteiger partial charge on any atom is 0.147 e. The van der Waals surface area contributed by atoms with E-state index in [9.17, 15) is 0 Å². The van der Waals surface area contributed by atoms with Crippen LogP contribution in [0.25, 0.3) is 0 Å². The topological polar surface area (TPSA) is 37.8 Å². The van der Waals surface area contributed by atoms with E-state index in [4.69, 9.17) is 23.2 Å². The summed E-state index contributed by atoms with van der Waals surface area (Å²) in [7, 11) is 2.41. The molecule has 2 rings (SSSR count). The summed E-state index contributed by atoms with van der Waals surface area (Å²) >= 11 is 12.2. The van der Waals surface area contributed by atoms with Gasteiger partial charge in [0.25, 0.3) is 0 Å². The summed E-state index contributed by atoms with van der Waals surface area (Å²) in [6, 6.07) is 0. The van der Waals surface area contributed by atoms with Crippen LogP contribution in [0.2, 0.25) is 10.3 Å². The van der Waals surface area contributed by atoms with Gasteiger partial charge in [-0.1, -0.05) is 32.4 Å². The zero-order valence-electron chi connectivity index (χ0n) is 8.13. The average molecular weight is 264 g/mol. The Morgan fingerprint density at radius 1 is 1.13 bits per heavy atom. The SMILES string of the molecule is Pc1nc(Cl)c(C2CCNCC2)c(Cl)n1. The number of piperidine rings is 1. The zero-order valence-corrected chi connectivity index (χ0v) is 10.8. The Morgan fingerprint density at radius 3 is 2.20 bits per heavy atom. The maximum absolute atomic E-state index is 6.10. The molecule has 0 spiro atoms. The van der Waals surface area contributed by atoms with E-state index in [1.165, 1.54) is 0 Å². The minimum absolute atomic E-state index is 0.386. The highest BCUT2D eigenvalue weighted by molar-refractivity contribution is 7.26. The quantitative estimate of drug-likeness (QED) is 0.620. The second-order valence-corrected chi connectivity index (χ2v) is 4.83. The lowest BCUT2D eigenvalue weighted by Crippen LogP contribution is -2.27. The molecular weight excluding hydrogens is 252 g/mol. The molecule has 0 saturated carbocycles. The molecular formula is C9H12Cl2N3P. The van der Waals surface area contributed by atoms with Crippen molar-refractivity contribution in [3.8, 4) is 0 Å². The fourth-order valence-electron chi connectivity index (χ4n) is 1.88. The Balaban J connectivity index is 2.33. The minimum atomic E-state index is 0.386. The van der Waals surface area contributed by atoms with E-state index in [0.717, 1.165) is 31.5 Å². The molecule has 1 unspecified atom stereocenters. The van der Waals surface area contributed by atoms with E-state index in [1.54, 1.807) is 0 Å². The molecule has 1 aromatic rings. The fraction of sp³-hybridized carbons (Fsp3) is 0.556. The van der Waals surface area contributed by atoms with Gasteiger partial charge in [0.1, 0.15) is 15.9 Å². The van der Waals surface area contributed by atoms with E-state index in [-0.39, 0.29) is 0 Å². The van der Waals surface area contributed by atoms with Crippen molar-refractivity contribution in [2.75, 3.05) is 13.1 Å². The monoisotopic (exact) mass is 263 g/mol. The maximum atomic E-state index is 6.10. The van der Waals surface area contributed by atoms with E-state index in [1.807, 2.05) is 0 Å². The molecule has 0 aromatic carbocycles. The molecule has 1 aliphatic rings. The average Bonchev–Trinajstić information content (AvgIpc) is 2.17. The van der Waals surface area contributed by atoms with Gasteiger partial charge < -0.3 is 5.32 Å². The molecule has 0 amide bonds. The van der Waals surface area contributed by atoms with Crippen molar-refractivity contribution in [2.45, 2.75) is 18.8 Å². The van der Waals surface area contributed by atoms with Gasteiger partial charge in [-0.15, -0.1) is 0 Å². The van der Waals surface area contributed by atoms with Gasteiger partial charge in [-0.2, -0.15) is 0 Å². The number of rotatable bonds is 1. The Hall–Kier alpha value is 0.0500. The number of aromatic nitrogens is 2. The van der Waals surface area contributed by atoms with Crippen LogP contribution in [0.15, 0.2) is 0 Å². The van der Waals surface area contributed by atoms with Gasteiger partial charge in [0, 0.05) is 5.56 Å². The molecule has 6 heteroatoms. The van der Waals surface area contributed by atoms with E-state index < -0.39 is 0 Å². The van der Waals surface area contributed by atoms with Crippen molar-refractivity contribution in [3.63, 3.8) is 0 Å². The largest absolute Gasteiger partial charge is 0.317 e. The van der Waals surface area contributed by atoms with Gasteiger partial charge in [-0.05, 0) is 31.8 Å². The summed E-state index contributed by atoms with van der Waals surface area (Å²) in [5.41, 5.74) is 1.45. The molecule has 1 saturated heterocycles. The first-order valence-electron chi connectivity index (χ1n) is 4.87. The normalized spacial score (nSPS) is 18.1. The molecule has 3 nitrogen and oxygen atoms in total.